The SMILES string of the molecule is O=C(O)CC(NC(=O)c1ccc(N2CCN(C3=NCCCN3)CC2)c(Cl)c1)NS(=O)(=O)c1ccccc1. The monoisotopic (exact) mass is 548 g/mol. The highest BCUT2D eigenvalue weighted by Gasteiger charge is 2.26. The Hall–Kier alpha value is -3.35. The van der Waals surface area contributed by atoms with Crippen LogP contribution in [0.15, 0.2) is 58.4 Å². The third-order valence-corrected chi connectivity index (χ3v) is 7.83. The van der Waals surface area contributed by atoms with Gasteiger partial charge in [0.15, 0.2) is 5.96 Å². The largest absolute Gasteiger partial charge is 0.481 e. The van der Waals surface area contributed by atoms with Crippen LogP contribution >= 0.6 is 11.6 Å². The second-order valence-corrected chi connectivity index (χ2v) is 10.8. The van der Waals surface area contributed by atoms with Gasteiger partial charge < -0.3 is 25.5 Å². The van der Waals surface area contributed by atoms with Crippen LogP contribution < -0.4 is 20.3 Å². The third kappa shape index (κ3) is 6.90. The zero-order valence-electron chi connectivity index (χ0n) is 20.1. The number of aliphatic imine (C=N–C) groups is 1. The van der Waals surface area contributed by atoms with Gasteiger partial charge in [0, 0.05) is 44.8 Å². The number of carbonyl (C=O) groups excluding carboxylic acids is 1. The molecule has 0 spiro atoms. The number of halogens is 1. The zero-order valence-corrected chi connectivity index (χ0v) is 21.6. The number of guanidine groups is 1. The molecule has 37 heavy (non-hydrogen) atoms. The van der Waals surface area contributed by atoms with Gasteiger partial charge in [0.2, 0.25) is 10.0 Å². The minimum Gasteiger partial charge on any atom is -0.481 e. The van der Waals surface area contributed by atoms with Gasteiger partial charge in [-0.25, -0.2) is 8.42 Å². The molecule has 198 valence electrons. The summed E-state index contributed by atoms with van der Waals surface area (Å²) >= 11 is 6.52. The van der Waals surface area contributed by atoms with Crippen molar-refractivity contribution >= 4 is 45.1 Å². The lowest BCUT2D eigenvalue weighted by atomic mass is 10.1. The van der Waals surface area contributed by atoms with Crippen LogP contribution in [-0.2, 0) is 14.8 Å². The molecule has 1 fully saturated rings. The van der Waals surface area contributed by atoms with Crippen LogP contribution in [0.25, 0.3) is 0 Å². The Labute approximate surface area is 220 Å². The molecule has 1 unspecified atom stereocenters. The number of carbonyl (C=O) groups is 2. The summed E-state index contributed by atoms with van der Waals surface area (Å²) < 4.78 is 27.5. The van der Waals surface area contributed by atoms with E-state index in [9.17, 15) is 23.1 Å². The van der Waals surface area contributed by atoms with Gasteiger partial charge in [-0.1, -0.05) is 29.8 Å². The van der Waals surface area contributed by atoms with Crippen molar-refractivity contribution < 1.29 is 23.1 Å². The van der Waals surface area contributed by atoms with Gasteiger partial charge >= 0.3 is 5.97 Å². The van der Waals surface area contributed by atoms with Crippen molar-refractivity contribution in [3.63, 3.8) is 0 Å². The highest BCUT2D eigenvalue weighted by atomic mass is 35.5. The van der Waals surface area contributed by atoms with Crippen molar-refractivity contribution in [2.24, 2.45) is 4.99 Å². The van der Waals surface area contributed by atoms with E-state index in [4.69, 9.17) is 11.6 Å². The van der Waals surface area contributed by atoms with E-state index >= 15 is 0 Å². The lowest BCUT2D eigenvalue weighted by molar-refractivity contribution is -0.137. The smallest absolute Gasteiger partial charge is 0.306 e. The normalized spacial score (nSPS) is 16.9. The molecule has 2 aliphatic rings. The van der Waals surface area contributed by atoms with Crippen molar-refractivity contribution in [1.82, 2.24) is 20.3 Å². The Morgan fingerprint density at radius 3 is 2.41 bits per heavy atom. The summed E-state index contributed by atoms with van der Waals surface area (Å²) in [5.74, 6) is -0.993. The number of rotatable bonds is 8. The predicted molar refractivity (Wildman–Crippen MR) is 140 cm³/mol. The van der Waals surface area contributed by atoms with Crippen LogP contribution in [0.2, 0.25) is 5.02 Å². The van der Waals surface area contributed by atoms with Crippen LogP contribution in [0.3, 0.4) is 0 Å². The quantitative estimate of drug-likeness (QED) is 0.362. The van der Waals surface area contributed by atoms with Crippen molar-refractivity contribution in [3.8, 4) is 0 Å². The second kappa shape index (κ2) is 11.8. The number of anilines is 1. The molecular weight excluding hydrogens is 520 g/mol. The molecule has 2 aromatic rings. The van der Waals surface area contributed by atoms with Crippen molar-refractivity contribution in [3.05, 3.63) is 59.1 Å². The van der Waals surface area contributed by atoms with Crippen molar-refractivity contribution in [1.29, 1.82) is 0 Å². The van der Waals surface area contributed by atoms with E-state index in [1.165, 1.54) is 18.2 Å². The maximum Gasteiger partial charge on any atom is 0.306 e. The zero-order chi connectivity index (χ0) is 26.4. The Bertz CT molecular complexity index is 1270. The Morgan fingerprint density at radius 1 is 1.08 bits per heavy atom. The minimum atomic E-state index is -4.05. The molecule has 0 aromatic heterocycles. The van der Waals surface area contributed by atoms with Crippen LogP contribution in [0.5, 0.6) is 0 Å². The fourth-order valence-corrected chi connectivity index (χ4v) is 5.66. The average molecular weight is 549 g/mol. The summed E-state index contributed by atoms with van der Waals surface area (Å²) in [6.45, 7) is 4.78. The number of piperazine rings is 1. The Kier molecular flexibility index (Phi) is 8.52. The highest BCUT2D eigenvalue weighted by Crippen LogP contribution is 2.28. The number of benzene rings is 2. The van der Waals surface area contributed by atoms with Crippen molar-refractivity contribution in [2.75, 3.05) is 44.2 Å². The molecule has 2 heterocycles. The summed E-state index contributed by atoms with van der Waals surface area (Å²) in [4.78, 5) is 33.0. The number of hydrogen-bond donors (Lipinski definition) is 4. The standard InChI is InChI=1S/C24H29ClN6O5S/c25-19-15-17(7-8-20(19)30-11-13-31(14-12-30)24-26-9-4-10-27-24)23(34)28-21(16-22(32)33)29-37(35,36)18-5-2-1-3-6-18/h1-3,5-8,15,21,29H,4,9-14,16H2,(H,26,27)(H,28,34)(H,32,33). The molecule has 0 saturated carbocycles. The van der Waals surface area contributed by atoms with Crippen LogP contribution in [0, 0.1) is 0 Å². The molecule has 4 rings (SSSR count). The van der Waals surface area contributed by atoms with E-state index in [1.54, 1.807) is 30.3 Å². The molecular formula is C24H29ClN6O5S. The van der Waals surface area contributed by atoms with Gasteiger partial charge in [-0.2, -0.15) is 4.72 Å². The van der Waals surface area contributed by atoms with E-state index in [0.29, 0.717) is 5.02 Å². The van der Waals surface area contributed by atoms with Gasteiger partial charge in [-0.05, 0) is 36.8 Å². The summed E-state index contributed by atoms with van der Waals surface area (Å²) in [5, 5.41) is 15.4. The number of nitrogens with one attached hydrogen (secondary N) is 3. The molecule has 13 heteroatoms. The van der Waals surface area contributed by atoms with Gasteiger partial charge in [0.25, 0.3) is 5.91 Å². The van der Waals surface area contributed by atoms with Crippen LogP contribution in [-0.4, -0.2) is 81.7 Å². The number of sulfonamides is 1. The first-order valence-electron chi connectivity index (χ1n) is 11.9. The Morgan fingerprint density at radius 2 is 1.78 bits per heavy atom. The number of carboxylic acid groups (broad SMARTS) is 1. The molecule has 0 aliphatic carbocycles. The fourth-order valence-electron chi connectivity index (χ4n) is 4.19. The summed E-state index contributed by atoms with van der Waals surface area (Å²) in [5.41, 5.74) is 0.964. The first kappa shape index (κ1) is 26.7. The molecule has 1 amide bonds. The number of aliphatic carboxylic acids is 1. The van der Waals surface area contributed by atoms with Gasteiger partial charge in [0.1, 0.15) is 6.17 Å². The molecule has 1 saturated heterocycles. The van der Waals surface area contributed by atoms with Gasteiger partial charge in [0.05, 0.1) is 22.0 Å². The second-order valence-electron chi connectivity index (χ2n) is 8.68. The minimum absolute atomic E-state index is 0.0431. The van der Waals surface area contributed by atoms with Crippen molar-refractivity contribution in [2.45, 2.75) is 23.9 Å². The first-order valence-corrected chi connectivity index (χ1v) is 13.8. The van der Waals surface area contributed by atoms with Crippen LogP contribution in [0.4, 0.5) is 5.69 Å². The maximum atomic E-state index is 12.9. The predicted octanol–water partition coefficient (Wildman–Crippen LogP) is 1.32. The number of amides is 1. The van der Waals surface area contributed by atoms with Gasteiger partial charge in [-0.15, -0.1) is 0 Å². The number of nitrogens with zero attached hydrogens (tertiary/aromatic N) is 3. The molecule has 4 N–H and O–H groups in total. The lowest BCUT2D eigenvalue weighted by Gasteiger charge is -2.38. The molecule has 1 atom stereocenters. The number of carboxylic acids is 1. The summed E-state index contributed by atoms with van der Waals surface area (Å²) in [6, 6.07) is 12.3. The van der Waals surface area contributed by atoms with E-state index in [0.717, 1.165) is 57.3 Å². The summed E-state index contributed by atoms with van der Waals surface area (Å²) in [6.07, 6.45) is -0.971. The van der Waals surface area contributed by atoms with E-state index in [2.05, 4.69) is 30.1 Å². The topological polar surface area (TPSA) is 143 Å². The van der Waals surface area contributed by atoms with Crippen LogP contribution in [0.1, 0.15) is 23.2 Å². The summed E-state index contributed by atoms with van der Waals surface area (Å²) in [7, 11) is -4.05. The molecule has 11 nitrogen and oxygen atoms in total. The molecule has 2 aromatic carbocycles. The molecule has 2 aliphatic heterocycles. The fraction of sp³-hybridized carbons (Fsp3) is 0.375. The maximum absolute atomic E-state index is 12.9. The van der Waals surface area contributed by atoms with Gasteiger partial charge in [-0.3, -0.25) is 14.6 Å². The Balaban J connectivity index is 1.41. The third-order valence-electron chi connectivity index (χ3n) is 6.04. The molecule has 0 bridgehead atoms. The molecule has 0 radical (unpaired) electrons. The van der Waals surface area contributed by atoms with E-state index < -0.39 is 34.5 Å². The highest BCUT2D eigenvalue weighted by molar-refractivity contribution is 7.89. The average Bonchev–Trinajstić information content (AvgIpc) is 2.89. The lowest BCUT2D eigenvalue weighted by Crippen LogP contribution is -2.53. The number of hydrogen-bond acceptors (Lipinski definition) is 8. The van der Waals surface area contributed by atoms with E-state index in [1.807, 2.05) is 0 Å². The first-order chi connectivity index (χ1) is 17.7. The van der Waals surface area contributed by atoms with E-state index in [-0.39, 0.29) is 10.5 Å².